The van der Waals surface area contributed by atoms with Gasteiger partial charge in [0.2, 0.25) is 5.91 Å². The molecule has 1 amide bonds. The third-order valence-electron chi connectivity index (χ3n) is 4.26. The van der Waals surface area contributed by atoms with Crippen molar-refractivity contribution in [1.29, 1.82) is 0 Å². The number of hydrogen-bond acceptors (Lipinski definition) is 4. The van der Waals surface area contributed by atoms with Gasteiger partial charge < -0.3 is 5.32 Å². The number of aromatic nitrogens is 3. The van der Waals surface area contributed by atoms with Crippen LogP contribution in [0.4, 0.5) is 0 Å². The topological polar surface area (TPSA) is 59.8 Å². The number of rotatable bonds is 6. The first-order valence-electron chi connectivity index (χ1n) is 8.56. The first kappa shape index (κ1) is 19.5. The van der Waals surface area contributed by atoms with Gasteiger partial charge in [-0.2, -0.15) is 0 Å². The number of halogens is 1. The van der Waals surface area contributed by atoms with Crippen molar-refractivity contribution >= 4 is 29.3 Å². The van der Waals surface area contributed by atoms with E-state index in [1.54, 1.807) is 6.33 Å². The number of aryl methyl sites for hydroxylation is 3. The fourth-order valence-corrected chi connectivity index (χ4v) is 3.58. The zero-order valence-corrected chi connectivity index (χ0v) is 17.1. The van der Waals surface area contributed by atoms with Crippen LogP contribution in [0.5, 0.6) is 0 Å². The third-order valence-corrected chi connectivity index (χ3v) is 5.61. The van der Waals surface area contributed by atoms with E-state index in [1.807, 2.05) is 29.7 Å². The molecule has 0 saturated heterocycles. The first-order chi connectivity index (χ1) is 12.9. The Morgan fingerprint density at radius 3 is 2.70 bits per heavy atom. The maximum absolute atomic E-state index is 12.2. The van der Waals surface area contributed by atoms with Gasteiger partial charge >= 0.3 is 0 Å². The number of nitrogens with one attached hydrogen (secondary N) is 1. The van der Waals surface area contributed by atoms with Gasteiger partial charge in [-0.05, 0) is 49.6 Å². The Labute approximate surface area is 168 Å². The Kier molecular flexibility index (Phi) is 6.19. The highest BCUT2D eigenvalue weighted by Crippen LogP contribution is 2.23. The molecular weight excluding hydrogens is 380 g/mol. The fraction of sp³-hybridized carbons (Fsp3) is 0.250. The number of thioether (sulfide) groups is 1. The maximum Gasteiger partial charge on any atom is 0.230 e. The SMILES string of the molecule is Cc1ccc(CNC(=O)CSc2nncn2-c2ccc(C)c(Cl)c2)c(C)c1. The van der Waals surface area contributed by atoms with Crippen LogP contribution in [-0.2, 0) is 11.3 Å². The number of nitrogens with zero attached hydrogens (tertiary/aromatic N) is 3. The van der Waals surface area contributed by atoms with Gasteiger partial charge in [-0.1, -0.05) is 53.2 Å². The van der Waals surface area contributed by atoms with E-state index in [0.29, 0.717) is 16.7 Å². The van der Waals surface area contributed by atoms with Crippen LogP contribution in [0.1, 0.15) is 22.3 Å². The Hall–Kier alpha value is -2.31. The molecule has 7 heteroatoms. The van der Waals surface area contributed by atoms with E-state index < -0.39 is 0 Å². The molecule has 5 nitrogen and oxygen atoms in total. The highest BCUT2D eigenvalue weighted by molar-refractivity contribution is 7.99. The highest BCUT2D eigenvalue weighted by Gasteiger charge is 2.11. The minimum absolute atomic E-state index is 0.0449. The van der Waals surface area contributed by atoms with Gasteiger partial charge in [0.25, 0.3) is 0 Å². The molecule has 0 atom stereocenters. The van der Waals surface area contributed by atoms with Crippen LogP contribution < -0.4 is 5.32 Å². The summed E-state index contributed by atoms with van der Waals surface area (Å²) in [6.07, 6.45) is 1.62. The lowest BCUT2D eigenvalue weighted by atomic mass is 10.1. The predicted octanol–water partition coefficient (Wildman–Crippen LogP) is 4.25. The van der Waals surface area contributed by atoms with Crippen molar-refractivity contribution in [2.24, 2.45) is 0 Å². The standard InChI is InChI=1S/C20H21ClN4OS/c1-13-4-6-16(15(3)8-13)10-22-19(26)11-27-20-24-23-12-25(20)17-7-5-14(2)18(21)9-17/h4-9,12H,10-11H2,1-3H3,(H,22,26). The van der Waals surface area contributed by atoms with Gasteiger partial charge in [0, 0.05) is 11.6 Å². The average molecular weight is 401 g/mol. The molecule has 1 aromatic heterocycles. The Balaban J connectivity index is 1.59. The molecule has 0 aliphatic heterocycles. The highest BCUT2D eigenvalue weighted by atomic mass is 35.5. The van der Waals surface area contributed by atoms with Gasteiger partial charge in [0.05, 0.1) is 11.4 Å². The predicted molar refractivity (Wildman–Crippen MR) is 110 cm³/mol. The van der Waals surface area contributed by atoms with Crippen LogP contribution in [0.15, 0.2) is 47.9 Å². The molecule has 27 heavy (non-hydrogen) atoms. The zero-order chi connectivity index (χ0) is 19.4. The van der Waals surface area contributed by atoms with Crippen molar-refractivity contribution in [2.45, 2.75) is 32.5 Å². The van der Waals surface area contributed by atoms with Gasteiger partial charge in [0.15, 0.2) is 5.16 Å². The number of hydrogen-bond donors (Lipinski definition) is 1. The summed E-state index contributed by atoms with van der Waals surface area (Å²) in [4.78, 5) is 12.2. The minimum Gasteiger partial charge on any atom is -0.351 e. The molecule has 3 rings (SSSR count). The summed E-state index contributed by atoms with van der Waals surface area (Å²) < 4.78 is 1.83. The van der Waals surface area contributed by atoms with Crippen molar-refractivity contribution in [3.8, 4) is 5.69 Å². The average Bonchev–Trinajstić information content (AvgIpc) is 3.10. The summed E-state index contributed by atoms with van der Waals surface area (Å²) in [6.45, 7) is 6.58. The van der Waals surface area contributed by atoms with Gasteiger partial charge in [-0.25, -0.2) is 0 Å². The molecule has 0 spiro atoms. The van der Waals surface area contributed by atoms with E-state index >= 15 is 0 Å². The lowest BCUT2D eigenvalue weighted by Crippen LogP contribution is -2.25. The van der Waals surface area contributed by atoms with Crippen molar-refractivity contribution in [1.82, 2.24) is 20.1 Å². The van der Waals surface area contributed by atoms with E-state index in [9.17, 15) is 4.79 Å². The zero-order valence-electron chi connectivity index (χ0n) is 15.5. The van der Waals surface area contributed by atoms with Crippen LogP contribution in [-0.4, -0.2) is 26.4 Å². The second kappa shape index (κ2) is 8.59. The van der Waals surface area contributed by atoms with Crippen molar-refractivity contribution in [2.75, 3.05) is 5.75 Å². The van der Waals surface area contributed by atoms with Crippen LogP contribution in [0.25, 0.3) is 5.69 Å². The van der Waals surface area contributed by atoms with E-state index in [0.717, 1.165) is 16.8 Å². The van der Waals surface area contributed by atoms with Crippen LogP contribution in [0.3, 0.4) is 0 Å². The van der Waals surface area contributed by atoms with Crippen LogP contribution in [0, 0.1) is 20.8 Å². The number of amides is 1. The summed E-state index contributed by atoms with van der Waals surface area (Å²) in [5, 5.41) is 12.4. The van der Waals surface area contributed by atoms with Crippen molar-refractivity contribution in [3.05, 3.63) is 70.0 Å². The lowest BCUT2D eigenvalue weighted by molar-refractivity contribution is -0.118. The summed E-state index contributed by atoms with van der Waals surface area (Å²) >= 11 is 7.55. The monoisotopic (exact) mass is 400 g/mol. The Morgan fingerprint density at radius 1 is 1.15 bits per heavy atom. The molecule has 0 unspecified atom stereocenters. The van der Waals surface area contributed by atoms with E-state index in [2.05, 4.69) is 47.6 Å². The Morgan fingerprint density at radius 2 is 1.96 bits per heavy atom. The summed E-state index contributed by atoms with van der Waals surface area (Å²) in [5.74, 6) is 0.222. The molecule has 1 N–H and O–H groups in total. The van der Waals surface area contributed by atoms with Gasteiger partial charge in [0.1, 0.15) is 6.33 Å². The normalized spacial score (nSPS) is 10.8. The second-order valence-corrected chi connectivity index (χ2v) is 7.76. The molecule has 0 bridgehead atoms. The largest absolute Gasteiger partial charge is 0.351 e. The van der Waals surface area contributed by atoms with E-state index in [4.69, 9.17) is 11.6 Å². The molecule has 140 valence electrons. The smallest absolute Gasteiger partial charge is 0.230 e. The van der Waals surface area contributed by atoms with E-state index in [1.165, 1.54) is 22.9 Å². The molecule has 0 saturated carbocycles. The molecule has 0 fully saturated rings. The molecule has 1 heterocycles. The third kappa shape index (κ3) is 4.90. The lowest BCUT2D eigenvalue weighted by Gasteiger charge is -2.10. The molecule has 0 aliphatic rings. The number of carbonyl (C=O) groups excluding carboxylic acids is 1. The fourth-order valence-electron chi connectivity index (χ4n) is 2.65. The number of carbonyl (C=O) groups is 1. The number of benzene rings is 2. The molecule has 0 aliphatic carbocycles. The summed E-state index contributed by atoms with van der Waals surface area (Å²) in [6, 6.07) is 12.0. The van der Waals surface area contributed by atoms with Crippen molar-refractivity contribution in [3.63, 3.8) is 0 Å². The summed E-state index contributed by atoms with van der Waals surface area (Å²) in [5.41, 5.74) is 5.39. The summed E-state index contributed by atoms with van der Waals surface area (Å²) in [7, 11) is 0. The quantitative estimate of drug-likeness (QED) is 0.628. The first-order valence-corrected chi connectivity index (χ1v) is 9.92. The molecule has 0 radical (unpaired) electrons. The molecule has 3 aromatic rings. The minimum atomic E-state index is -0.0449. The molecular formula is C20H21ClN4OS. The van der Waals surface area contributed by atoms with Gasteiger partial charge in [-0.15, -0.1) is 10.2 Å². The van der Waals surface area contributed by atoms with Gasteiger partial charge in [-0.3, -0.25) is 9.36 Å². The maximum atomic E-state index is 12.2. The van der Waals surface area contributed by atoms with Crippen LogP contribution in [0.2, 0.25) is 5.02 Å². The second-order valence-electron chi connectivity index (χ2n) is 6.41. The van der Waals surface area contributed by atoms with Crippen LogP contribution >= 0.6 is 23.4 Å². The molecule has 2 aromatic carbocycles. The van der Waals surface area contributed by atoms with E-state index in [-0.39, 0.29) is 11.7 Å². The van der Waals surface area contributed by atoms with Crippen molar-refractivity contribution < 1.29 is 4.79 Å². The Bertz CT molecular complexity index is 970.